The van der Waals surface area contributed by atoms with Gasteiger partial charge in [0.25, 0.3) is 0 Å². The van der Waals surface area contributed by atoms with Gasteiger partial charge in [-0.05, 0) is 39.4 Å². The third-order valence-electron chi connectivity index (χ3n) is 8.72. The molecule has 3 fully saturated rings. The maximum Gasteiger partial charge on any atom is 0.335 e. The van der Waals surface area contributed by atoms with E-state index < -0.39 is 103 Å². The highest BCUT2D eigenvalue weighted by Gasteiger charge is 2.55. The number of aliphatic hydroxyl groups excluding tert-OH is 4. The van der Waals surface area contributed by atoms with Crippen LogP contribution in [0.1, 0.15) is 26.7 Å². The highest BCUT2D eigenvalue weighted by molar-refractivity contribution is 5.73. The Hall–Kier alpha value is -1.59. The summed E-state index contributed by atoms with van der Waals surface area (Å²) in [6.07, 6.45) is -13.9. The molecule has 0 aromatic rings. The number of hydrogen-bond acceptors (Lipinski definition) is 17. The number of carboxylic acid groups (broad SMARTS) is 1. The summed E-state index contributed by atoms with van der Waals surface area (Å²) in [5.41, 5.74) is 16.8. The highest BCUT2D eigenvalue weighted by atomic mass is 16.8. The summed E-state index contributed by atoms with van der Waals surface area (Å²) in [6, 6.07) is -2.68. The lowest BCUT2D eigenvalue weighted by Crippen LogP contribution is -2.70. The van der Waals surface area contributed by atoms with E-state index in [2.05, 4.69) is 10.6 Å². The molecule has 5 unspecified atom stereocenters. The number of nitrogens with one attached hydrogen (secondary N) is 2. The van der Waals surface area contributed by atoms with Gasteiger partial charge in [0, 0.05) is 12.1 Å². The van der Waals surface area contributed by atoms with Crippen molar-refractivity contribution in [2.75, 3.05) is 26.7 Å². The van der Waals surface area contributed by atoms with Gasteiger partial charge >= 0.3 is 5.97 Å². The first-order valence-corrected chi connectivity index (χ1v) is 15.1. The molecule has 0 amide bonds. The Labute approximate surface area is 260 Å². The largest absolute Gasteiger partial charge is 0.479 e. The average Bonchev–Trinajstić information content (AvgIpc) is 2.99. The van der Waals surface area contributed by atoms with Gasteiger partial charge in [-0.15, -0.1) is 0 Å². The highest BCUT2D eigenvalue weighted by Crippen LogP contribution is 2.35. The molecule has 0 aromatic heterocycles. The molecular formula is C27H49N5O13. The lowest BCUT2D eigenvalue weighted by Gasteiger charge is -2.51. The SMILES string of the molecule is CCN[C@@H]1C[C@H](N)[C@@H](O[C@H]2OC(CN)=CC[C@H]2N)[C@H](O)[C@H]1O[C@H]1OC[C@](C)(O)[C@H](NC)[C@H]1OC1OC(C(=O)O)C(O)C(O)C1O. The summed E-state index contributed by atoms with van der Waals surface area (Å²) in [7, 11) is 1.53. The lowest BCUT2D eigenvalue weighted by molar-refractivity contribution is -0.359. The van der Waals surface area contributed by atoms with E-state index >= 15 is 0 Å². The smallest absolute Gasteiger partial charge is 0.335 e. The van der Waals surface area contributed by atoms with E-state index in [1.165, 1.54) is 14.0 Å². The van der Waals surface area contributed by atoms with E-state index in [9.17, 15) is 35.4 Å². The zero-order chi connectivity index (χ0) is 33.2. The number of aliphatic carboxylic acids is 1. The first kappa shape index (κ1) is 36.2. The first-order chi connectivity index (χ1) is 21.2. The molecule has 1 saturated carbocycles. The predicted octanol–water partition coefficient (Wildman–Crippen LogP) is -5.28. The van der Waals surface area contributed by atoms with Crippen LogP contribution in [0.5, 0.6) is 0 Å². The second kappa shape index (κ2) is 15.1. The number of likely N-dealkylation sites (N-methyl/N-ethyl adjacent to an activating group) is 2. The summed E-state index contributed by atoms with van der Waals surface area (Å²) in [6.45, 7) is 3.72. The van der Waals surface area contributed by atoms with Crippen LogP contribution in [0.4, 0.5) is 0 Å². The van der Waals surface area contributed by atoms with Crippen molar-refractivity contribution < 1.29 is 63.9 Å². The zero-order valence-corrected chi connectivity index (χ0v) is 25.5. The second-order valence-corrected chi connectivity index (χ2v) is 12.2. The van der Waals surface area contributed by atoms with E-state index in [1.807, 2.05) is 6.92 Å². The number of carboxylic acids is 1. The van der Waals surface area contributed by atoms with Crippen LogP contribution in [0.15, 0.2) is 11.8 Å². The standard InChI is InChI=1S/C27H49N5O13/c1-4-32-13-7-12(30)18(42-24-11(29)6-5-10(8-28)41-24)17(36)19(13)43-26-21(22(31-3)27(2,39)9-40-26)45-25-16(35)14(33)15(34)20(44-25)23(37)38/h5,11-22,24-26,31-36,39H,4,6-9,28-30H2,1-3H3,(H,37,38)/t11-,12+,13-,14?,15?,16?,17+,18-,19+,20?,21-,22-,24-,25?,26-,27+/m1/s1. The molecule has 3 heterocycles. The molecule has 16 atom stereocenters. The summed E-state index contributed by atoms with van der Waals surface area (Å²) in [5, 5.41) is 69.5. The summed E-state index contributed by atoms with van der Waals surface area (Å²) in [4.78, 5) is 11.7. The van der Waals surface area contributed by atoms with Gasteiger partial charge in [-0.25, -0.2) is 4.79 Å². The molecule has 0 spiro atoms. The number of carbonyl (C=O) groups is 1. The van der Waals surface area contributed by atoms with Gasteiger partial charge < -0.3 is 86.9 Å². The maximum absolute atomic E-state index is 11.7. The van der Waals surface area contributed by atoms with Crippen molar-refractivity contribution in [3.8, 4) is 0 Å². The number of rotatable bonds is 11. The van der Waals surface area contributed by atoms with Gasteiger partial charge in [-0.1, -0.05) is 6.92 Å². The summed E-state index contributed by atoms with van der Waals surface area (Å²) < 4.78 is 35.5. The van der Waals surface area contributed by atoms with Crippen LogP contribution >= 0.6 is 0 Å². The Morgan fingerprint density at radius 3 is 2.29 bits per heavy atom. The zero-order valence-electron chi connectivity index (χ0n) is 25.5. The Balaban J connectivity index is 1.59. The van der Waals surface area contributed by atoms with Crippen molar-refractivity contribution in [3.05, 3.63) is 11.8 Å². The Morgan fingerprint density at radius 1 is 1.00 bits per heavy atom. The van der Waals surface area contributed by atoms with E-state index in [1.54, 1.807) is 6.08 Å². The minimum atomic E-state index is -1.94. The first-order valence-electron chi connectivity index (χ1n) is 15.1. The Morgan fingerprint density at radius 2 is 1.67 bits per heavy atom. The molecule has 18 heteroatoms. The number of ether oxygens (including phenoxy) is 6. The van der Waals surface area contributed by atoms with Crippen LogP contribution in [0.3, 0.4) is 0 Å². The van der Waals surface area contributed by atoms with Crippen molar-refractivity contribution in [1.29, 1.82) is 0 Å². The van der Waals surface area contributed by atoms with E-state index in [4.69, 9.17) is 45.6 Å². The molecule has 45 heavy (non-hydrogen) atoms. The van der Waals surface area contributed by atoms with Crippen molar-refractivity contribution in [3.63, 3.8) is 0 Å². The molecular weight excluding hydrogens is 602 g/mol. The van der Waals surface area contributed by atoms with Gasteiger partial charge in [0.15, 0.2) is 18.7 Å². The molecule has 0 bridgehead atoms. The molecule has 260 valence electrons. The van der Waals surface area contributed by atoms with Crippen LogP contribution in [-0.2, 0) is 33.2 Å². The van der Waals surface area contributed by atoms with Crippen LogP contribution in [-0.4, -0.2) is 161 Å². The normalized spacial score (nSPS) is 47.5. The molecule has 0 aromatic carbocycles. The fourth-order valence-electron chi connectivity index (χ4n) is 6.29. The fourth-order valence-corrected chi connectivity index (χ4v) is 6.29. The molecule has 2 saturated heterocycles. The van der Waals surface area contributed by atoms with Crippen LogP contribution in [0, 0.1) is 0 Å². The molecule has 0 radical (unpaired) electrons. The quantitative estimate of drug-likeness (QED) is 0.0994. The summed E-state index contributed by atoms with van der Waals surface area (Å²) in [5.74, 6) is -1.10. The summed E-state index contributed by atoms with van der Waals surface area (Å²) >= 11 is 0. The third kappa shape index (κ3) is 7.77. The molecule has 4 rings (SSSR count). The molecule has 1 aliphatic carbocycles. The van der Waals surface area contributed by atoms with E-state index in [-0.39, 0.29) is 13.2 Å². The molecule has 4 aliphatic rings. The van der Waals surface area contributed by atoms with Gasteiger partial charge in [0.1, 0.15) is 54.1 Å². The number of hydrogen-bond donors (Lipinski definition) is 11. The molecule has 14 N–H and O–H groups in total. The Bertz CT molecular complexity index is 1030. The minimum absolute atomic E-state index is 0.138. The average molecular weight is 652 g/mol. The van der Waals surface area contributed by atoms with Crippen LogP contribution < -0.4 is 27.8 Å². The van der Waals surface area contributed by atoms with Gasteiger partial charge in [0.2, 0.25) is 6.29 Å². The van der Waals surface area contributed by atoms with E-state index in [0.717, 1.165) is 0 Å². The molecule has 3 aliphatic heterocycles. The van der Waals surface area contributed by atoms with Crippen molar-refractivity contribution in [2.45, 2.75) is 124 Å². The van der Waals surface area contributed by atoms with Crippen molar-refractivity contribution >= 4 is 5.97 Å². The van der Waals surface area contributed by atoms with Crippen molar-refractivity contribution in [1.82, 2.24) is 10.6 Å². The second-order valence-electron chi connectivity index (χ2n) is 12.2. The van der Waals surface area contributed by atoms with Crippen LogP contribution in [0.2, 0.25) is 0 Å². The lowest BCUT2D eigenvalue weighted by atomic mass is 9.83. The topological polar surface area (TPSA) is 296 Å². The third-order valence-corrected chi connectivity index (χ3v) is 8.72. The fraction of sp³-hybridized carbons (Fsp3) is 0.889. The maximum atomic E-state index is 11.7. The van der Waals surface area contributed by atoms with Crippen LogP contribution in [0.25, 0.3) is 0 Å². The van der Waals surface area contributed by atoms with Gasteiger partial charge in [0.05, 0.1) is 25.2 Å². The van der Waals surface area contributed by atoms with Crippen molar-refractivity contribution in [2.24, 2.45) is 17.2 Å². The van der Waals surface area contributed by atoms with Gasteiger partial charge in [-0.2, -0.15) is 0 Å². The number of nitrogens with two attached hydrogens (primary N) is 3. The molecule has 18 nitrogen and oxygen atoms in total. The van der Waals surface area contributed by atoms with Gasteiger partial charge in [-0.3, -0.25) is 0 Å². The van der Waals surface area contributed by atoms with E-state index in [0.29, 0.717) is 25.1 Å². The predicted molar refractivity (Wildman–Crippen MR) is 153 cm³/mol. The monoisotopic (exact) mass is 651 g/mol. The number of aliphatic hydroxyl groups is 5. The minimum Gasteiger partial charge on any atom is -0.479 e. The Kier molecular flexibility index (Phi) is 12.2.